The van der Waals surface area contributed by atoms with Crippen molar-refractivity contribution in [2.75, 3.05) is 13.7 Å². The van der Waals surface area contributed by atoms with Crippen LogP contribution in [0, 0.1) is 5.92 Å². The summed E-state index contributed by atoms with van der Waals surface area (Å²) in [6, 6.07) is 15.7. The molecule has 1 heterocycles. The summed E-state index contributed by atoms with van der Waals surface area (Å²) in [5, 5.41) is 18.8. The third-order valence-corrected chi connectivity index (χ3v) is 7.97. The van der Waals surface area contributed by atoms with Gasteiger partial charge in [0.15, 0.2) is 0 Å². The highest BCUT2D eigenvalue weighted by Gasteiger charge is 2.31. The number of methoxy groups -OCH3 is 1. The molecule has 3 rings (SSSR count). The second kappa shape index (κ2) is 16.9. The van der Waals surface area contributed by atoms with Crippen LogP contribution in [0.3, 0.4) is 0 Å². The van der Waals surface area contributed by atoms with E-state index in [0.29, 0.717) is 12.8 Å². The Morgan fingerprint density at radius 2 is 1.69 bits per heavy atom. The first-order chi connectivity index (χ1) is 21.4. The SMILES string of the molecule is CC[C@H](C)[C@H](NC(=O)OC)C(=O)N[C@@H](Cc1ccccc1)[C@@H](O)CN(Cc1ccc(-c2cncs2)cc1)NC(=O)OC(C)(C)C. The summed E-state index contributed by atoms with van der Waals surface area (Å²) in [6.07, 6.45) is 0.228. The molecule has 0 aliphatic rings. The van der Waals surface area contributed by atoms with Crippen molar-refractivity contribution in [3.05, 3.63) is 77.4 Å². The average Bonchev–Trinajstić information content (AvgIpc) is 3.54. The number of alkyl carbamates (subject to hydrolysis) is 1. The maximum atomic E-state index is 13.5. The van der Waals surface area contributed by atoms with E-state index in [1.54, 1.807) is 48.8 Å². The Morgan fingerprint density at radius 1 is 1.00 bits per heavy atom. The van der Waals surface area contributed by atoms with E-state index in [4.69, 9.17) is 9.47 Å². The number of nitrogens with one attached hydrogen (secondary N) is 3. The van der Waals surface area contributed by atoms with Crippen LogP contribution < -0.4 is 16.1 Å². The molecule has 0 bridgehead atoms. The van der Waals surface area contributed by atoms with Gasteiger partial charge in [0.2, 0.25) is 5.91 Å². The van der Waals surface area contributed by atoms with E-state index in [1.165, 1.54) is 7.11 Å². The first-order valence-corrected chi connectivity index (χ1v) is 15.9. The van der Waals surface area contributed by atoms with Gasteiger partial charge in [-0.1, -0.05) is 74.9 Å². The Labute approximate surface area is 269 Å². The first kappa shape index (κ1) is 35.5. The molecule has 244 valence electrons. The zero-order valence-electron chi connectivity index (χ0n) is 26.8. The Morgan fingerprint density at radius 3 is 2.27 bits per heavy atom. The number of carbonyl (C=O) groups is 3. The van der Waals surface area contributed by atoms with Gasteiger partial charge in [-0.3, -0.25) is 15.2 Å². The molecule has 2 aromatic carbocycles. The highest BCUT2D eigenvalue weighted by molar-refractivity contribution is 7.13. The van der Waals surface area contributed by atoms with Crippen LogP contribution in [0.25, 0.3) is 10.4 Å². The van der Waals surface area contributed by atoms with Crippen molar-refractivity contribution in [1.29, 1.82) is 0 Å². The van der Waals surface area contributed by atoms with Crippen LogP contribution in [0.4, 0.5) is 9.59 Å². The van der Waals surface area contributed by atoms with E-state index in [1.807, 2.05) is 68.4 Å². The van der Waals surface area contributed by atoms with Crippen molar-refractivity contribution in [3.8, 4) is 10.4 Å². The summed E-state index contributed by atoms with van der Waals surface area (Å²) in [5.41, 5.74) is 6.62. The Bertz CT molecular complexity index is 1350. The van der Waals surface area contributed by atoms with Gasteiger partial charge in [-0.05, 0) is 49.8 Å². The van der Waals surface area contributed by atoms with Crippen molar-refractivity contribution in [3.63, 3.8) is 0 Å². The molecule has 4 atom stereocenters. The van der Waals surface area contributed by atoms with Gasteiger partial charge < -0.3 is 25.2 Å². The summed E-state index contributed by atoms with van der Waals surface area (Å²) in [4.78, 5) is 43.6. The number of amides is 3. The fourth-order valence-electron chi connectivity index (χ4n) is 4.60. The minimum atomic E-state index is -1.13. The summed E-state index contributed by atoms with van der Waals surface area (Å²) >= 11 is 1.54. The van der Waals surface area contributed by atoms with Crippen LogP contribution in [0.2, 0.25) is 0 Å². The van der Waals surface area contributed by atoms with Crippen molar-refractivity contribution in [2.45, 2.75) is 77.8 Å². The highest BCUT2D eigenvalue weighted by Crippen LogP contribution is 2.24. The van der Waals surface area contributed by atoms with E-state index in [0.717, 1.165) is 21.6 Å². The van der Waals surface area contributed by atoms with E-state index in [9.17, 15) is 19.5 Å². The first-order valence-electron chi connectivity index (χ1n) is 15.0. The highest BCUT2D eigenvalue weighted by atomic mass is 32.1. The minimum Gasteiger partial charge on any atom is -0.453 e. The molecule has 4 N–H and O–H groups in total. The van der Waals surface area contributed by atoms with Crippen molar-refractivity contribution in [2.24, 2.45) is 5.92 Å². The molecule has 0 spiro atoms. The van der Waals surface area contributed by atoms with Gasteiger partial charge in [0, 0.05) is 19.3 Å². The lowest BCUT2D eigenvalue weighted by atomic mass is 9.96. The number of benzene rings is 2. The van der Waals surface area contributed by atoms with Gasteiger partial charge in [-0.25, -0.2) is 14.6 Å². The number of aliphatic hydroxyl groups is 1. The summed E-state index contributed by atoms with van der Waals surface area (Å²) in [7, 11) is 1.24. The molecule has 45 heavy (non-hydrogen) atoms. The molecule has 0 saturated heterocycles. The number of rotatable bonds is 14. The van der Waals surface area contributed by atoms with Crippen LogP contribution in [0.15, 0.2) is 66.3 Å². The molecule has 0 radical (unpaired) electrons. The zero-order chi connectivity index (χ0) is 33.0. The Kier molecular flexibility index (Phi) is 13.3. The van der Waals surface area contributed by atoms with Crippen LogP contribution in [0.5, 0.6) is 0 Å². The second-order valence-electron chi connectivity index (χ2n) is 11.9. The number of thiazole rings is 1. The molecule has 3 aromatic rings. The van der Waals surface area contributed by atoms with Crippen LogP contribution in [-0.4, -0.2) is 70.6 Å². The smallest absolute Gasteiger partial charge is 0.422 e. The van der Waals surface area contributed by atoms with Crippen molar-refractivity contribution < 1.29 is 29.0 Å². The van der Waals surface area contributed by atoms with Crippen LogP contribution in [0.1, 0.15) is 52.2 Å². The summed E-state index contributed by atoms with van der Waals surface area (Å²) < 4.78 is 10.2. The molecule has 0 saturated carbocycles. The van der Waals surface area contributed by atoms with E-state index in [2.05, 4.69) is 21.0 Å². The summed E-state index contributed by atoms with van der Waals surface area (Å²) in [5.74, 6) is -0.642. The van der Waals surface area contributed by atoms with Gasteiger partial charge in [0.1, 0.15) is 11.6 Å². The average molecular weight is 640 g/mol. The van der Waals surface area contributed by atoms with Crippen molar-refractivity contribution >= 4 is 29.4 Å². The Balaban J connectivity index is 1.85. The third kappa shape index (κ3) is 11.8. The van der Waals surface area contributed by atoms with Crippen LogP contribution >= 0.6 is 11.3 Å². The lowest BCUT2D eigenvalue weighted by Crippen LogP contribution is -2.57. The molecule has 0 unspecified atom stereocenters. The maximum Gasteiger partial charge on any atom is 0.422 e. The van der Waals surface area contributed by atoms with Gasteiger partial charge in [-0.2, -0.15) is 0 Å². The number of hydrogen-bond donors (Lipinski definition) is 4. The number of hydrazine groups is 1. The molecule has 0 aliphatic heterocycles. The van der Waals surface area contributed by atoms with Gasteiger partial charge in [0.25, 0.3) is 0 Å². The number of aromatic nitrogens is 1. The predicted octanol–water partition coefficient (Wildman–Crippen LogP) is 4.91. The molecule has 0 fully saturated rings. The third-order valence-electron chi connectivity index (χ3n) is 7.14. The minimum absolute atomic E-state index is 0.0357. The molecule has 12 heteroatoms. The Hall–Kier alpha value is -4.00. The number of hydrogen-bond acceptors (Lipinski definition) is 9. The lowest BCUT2D eigenvalue weighted by Gasteiger charge is -2.32. The quantitative estimate of drug-likeness (QED) is 0.182. The fourth-order valence-corrected chi connectivity index (χ4v) is 5.23. The van der Waals surface area contributed by atoms with Gasteiger partial charge in [0.05, 0.1) is 29.6 Å². The lowest BCUT2D eigenvalue weighted by molar-refractivity contribution is -0.126. The van der Waals surface area contributed by atoms with Gasteiger partial charge in [-0.15, -0.1) is 11.3 Å². The number of carbonyl (C=O) groups excluding carboxylic acids is 3. The molecule has 1 aromatic heterocycles. The summed E-state index contributed by atoms with van der Waals surface area (Å²) in [6.45, 7) is 9.30. The molecule has 3 amide bonds. The molecule has 0 aliphatic carbocycles. The normalized spacial score (nSPS) is 14.1. The van der Waals surface area contributed by atoms with E-state index >= 15 is 0 Å². The topological polar surface area (TPSA) is 142 Å². The van der Waals surface area contributed by atoms with Crippen molar-refractivity contribution in [1.82, 2.24) is 26.1 Å². The zero-order valence-corrected chi connectivity index (χ0v) is 27.6. The fraction of sp³-hybridized carbons (Fsp3) is 0.455. The maximum absolute atomic E-state index is 13.5. The molecular weight excluding hydrogens is 594 g/mol. The predicted molar refractivity (Wildman–Crippen MR) is 174 cm³/mol. The monoisotopic (exact) mass is 639 g/mol. The number of aliphatic hydroxyl groups excluding tert-OH is 1. The van der Waals surface area contributed by atoms with E-state index < -0.39 is 41.9 Å². The number of ether oxygens (including phenoxy) is 2. The molecular formula is C33H45N5O6S. The second-order valence-corrected chi connectivity index (χ2v) is 12.8. The van der Waals surface area contributed by atoms with E-state index in [-0.39, 0.29) is 19.0 Å². The largest absolute Gasteiger partial charge is 0.453 e. The molecule has 11 nitrogen and oxygen atoms in total. The standard InChI is InChI=1S/C33H45N5O6S/c1-7-22(2)29(36-31(41)43-6)30(40)35-26(17-23-11-9-8-10-12-23)27(39)20-38(37-32(42)44-33(3,4)5)19-24-13-15-25(16-14-24)28-18-34-21-45-28/h8-16,18,21-22,26-27,29,39H,7,17,19-20H2,1-6H3,(H,35,40)(H,36,41)(H,37,42)/t22-,26-,27-,29-/m0/s1. The van der Waals surface area contributed by atoms with Gasteiger partial charge >= 0.3 is 12.2 Å². The van der Waals surface area contributed by atoms with Crippen LogP contribution in [-0.2, 0) is 27.2 Å². The number of nitrogens with zero attached hydrogens (tertiary/aromatic N) is 2.